The molecule has 0 aliphatic heterocycles. The first kappa shape index (κ1) is 12.6. The van der Waals surface area contributed by atoms with Crippen LogP contribution >= 0.6 is 0 Å². The van der Waals surface area contributed by atoms with Crippen LogP contribution in [0.5, 0.6) is 0 Å². The SMILES string of the molecule is Cc1cc(NC2C3C4CCC(C4)C23)nc(-c2cccnc2)n1. The van der Waals surface area contributed by atoms with E-state index in [2.05, 4.69) is 21.4 Å². The van der Waals surface area contributed by atoms with Gasteiger partial charge < -0.3 is 5.32 Å². The summed E-state index contributed by atoms with van der Waals surface area (Å²) in [6.45, 7) is 2.03. The van der Waals surface area contributed by atoms with Crippen LogP contribution in [0.3, 0.4) is 0 Å². The molecular formula is C18H20N4. The molecule has 112 valence electrons. The van der Waals surface area contributed by atoms with Crippen molar-refractivity contribution >= 4 is 5.82 Å². The Bertz CT molecular complexity index is 698. The molecule has 4 heteroatoms. The highest BCUT2D eigenvalue weighted by Crippen LogP contribution is 2.66. The number of nitrogens with one attached hydrogen (secondary N) is 1. The Morgan fingerprint density at radius 3 is 2.68 bits per heavy atom. The van der Waals surface area contributed by atoms with Gasteiger partial charge in [-0.05, 0) is 62.0 Å². The lowest BCUT2D eigenvalue weighted by Gasteiger charge is -2.12. The van der Waals surface area contributed by atoms with Crippen LogP contribution in [0, 0.1) is 30.6 Å². The maximum absolute atomic E-state index is 4.72. The van der Waals surface area contributed by atoms with Crippen molar-refractivity contribution in [2.24, 2.45) is 23.7 Å². The molecular weight excluding hydrogens is 272 g/mol. The number of hydrogen-bond donors (Lipinski definition) is 1. The zero-order valence-electron chi connectivity index (χ0n) is 12.7. The minimum Gasteiger partial charge on any atom is -0.367 e. The quantitative estimate of drug-likeness (QED) is 0.943. The Morgan fingerprint density at radius 1 is 1.14 bits per heavy atom. The lowest BCUT2D eigenvalue weighted by atomic mass is 10.0. The zero-order chi connectivity index (χ0) is 14.7. The third-order valence-corrected chi connectivity index (χ3v) is 5.82. The van der Waals surface area contributed by atoms with Crippen molar-refractivity contribution in [1.29, 1.82) is 0 Å². The molecule has 2 bridgehead atoms. The second-order valence-electron chi connectivity index (χ2n) is 7.12. The van der Waals surface area contributed by atoms with Crippen LogP contribution in [-0.2, 0) is 0 Å². The number of anilines is 1. The van der Waals surface area contributed by atoms with Crippen molar-refractivity contribution in [2.45, 2.75) is 32.2 Å². The highest BCUT2D eigenvalue weighted by Gasteiger charge is 2.65. The van der Waals surface area contributed by atoms with Gasteiger partial charge in [0.15, 0.2) is 5.82 Å². The first-order valence-corrected chi connectivity index (χ1v) is 8.32. The van der Waals surface area contributed by atoms with E-state index in [1.54, 1.807) is 6.20 Å². The predicted molar refractivity (Wildman–Crippen MR) is 85.2 cm³/mol. The van der Waals surface area contributed by atoms with Crippen molar-refractivity contribution in [3.63, 3.8) is 0 Å². The molecule has 5 rings (SSSR count). The van der Waals surface area contributed by atoms with Crippen LogP contribution in [0.1, 0.15) is 25.0 Å². The van der Waals surface area contributed by atoms with Gasteiger partial charge in [-0.1, -0.05) is 0 Å². The summed E-state index contributed by atoms with van der Waals surface area (Å²) in [6, 6.07) is 6.66. The third kappa shape index (κ3) is 1.86. The number of hydrogen-bond acceptors (Lipinski definition) is 4. The lowest BCUT2D eigenvalue weighted by molar-refractivity contribution is 0.456. The average molecular weight is 292 g/mol. The van der Waals surface area contributed by atoms with Gasteiger partial charge in [-0.3, -0.25) is 4.98 Å². The second kappa shape index (κ2) is 4.51. The number of pyridine rings is 1. The van der Waals surface area contributed by atoms with E-state index in [-0.39, 0.29) is 0 Å². The van der Waals surface area contributed by atoms with E-state index in [1.807, 2.05) is 25.3 Å². The van der Waals surface area contributed by atoms with E-state index in [0.29, 0.717) is 6.04 Å². The van der Waals surface area contributed by atoms with E-state index in [0.717, 1.165) is 46.6 Å². The van der Waals surface area contributed by atoms with E-state index in [4.69, 9.17) is 4.98 Å². The van der Waals surface area contributed by atoms with Crippen LogP contribution in [0.15, 0.2) is 30.6 Å². The van der Waals surface area contributed by atoms with Gasteiger partial charge >= 0.3 is 0 Å². The largest absolute Gasteiger partial charge is 0.367 e. The molecule has 0 aromatic carbocycles. The Hall–Kier alpha value is -1.97. The standard InChI is InChI=1S/C18H20N4/c1-10-7-14(22-18(20-10)13-3-2-6-19-9-13)21-17-15-11-4-5-12(8-11)16(15)17/h2-3,6-7,9,11-12,15-17H,4-5,8H2,1H3,(H,20,21,22). The van der Waals surface area contributed by atoms with Crippen LogP contribution in [0.25, 0.3) is 11.4 Å². The number of rotatable bonds is 3. The molecule has 2 heterocycles. The summed E-state index contributed by atoms with van der Waals surface area (Å²) in [7, 11) is 0. The second-order valence-corrected chi connectivity index (χ2v) is 7.12. The molecule has 2 aromatic heterocycles. The van der Waals surface area contributed by atoms with Crippen molar-refractivity contribution in [1.82, 2.24) is 15.0 Å². The molecule has 4 atom stereocenters. The normalized spacial score (nSPS) is 34.5. The molecule has 3 fully saturated rings. The predicted octanol–water partition coefficient (Wildman–Crippen LogP) is 3.30. The zero-order valence-corrected chi connectivity index (χ0v) is 12.7. The van der Waals surface area contributed by atoms with Crippen molar-refractivity contribution < 1.29 is 0 Å². The number of nitrogens with zero attached hydrogens (tertiary/aromatic N) is 3. The Balaban J connectivity index is 1.41. The summed E-state index contributed by atoms with van der Waals surface area (Å²) in [6.07, 6.45) is 7.99. The summed E-state index contributed by atoms with van der Waals surface area (Å²) in [5.41, 5.74) is 1.98. The number of fused-ring (bicyclic) bond motifs is 5. The first-order valence-electron chi connectivity index (χ1n) is 8.32. The summed E-state index contributed by atoms with van der Waals surface area (Å²) >= 11 is 0. The van der Waals surface area contributed by atoms with Crippen LogP contribution in [0.4, 0.5) is 5.82 Å². The topological polar surface area (TPSA) is 50.7 Å². The minimum absolute atomic E-state index is 0.655. The van der Waals surface area contributed by atoms with Gasteiger partial charge in [-0.25, -0.2) is 9.97 Å². The molecule has 4 nitrogen and oxygen atoms in total. The third-order valence-electron chi connectivity index (χ3n) is 5.82. The Morgan fingerprint density at radius 2 is 1.95 bits per heavy atom. The molecule has 3 saturated carbocycles. The first-order chi connectivity index (χ1) is 10.8. The van der Waals surface area contributed by atoms with Gasteiger partial charge in [-0.15, -0.1) is 0 Å². The highest BCUT2D eigenvalue weighted by atomic mass is 15.1. The Labute approximate surface area is 130 Å². The molecule has 3 aliphatic carbocycles. The molecule has 3 aliphatic rings. The fourth-order valence-electron chi connectivity index (χ4n) is 4.96. The van der Waals surface area contributed by atoms with Gasteiger partial charge in [0, 0.05) is 35.8 Å². The summed E-state index contributed by atoms with van der Waals surface area (Å²) in [5.74, 6) is 5.53. The van der Waals surface area contributed by atoms with E-state index < -0.39 is 0 Å². The highest BCUT2D eigenvalue weighted by molar-refractivity contribution is 5.56. The maximum Gasteiger partial charge on any atom is 0.163 e. The van der Waals surface area contributed by atoms with Crippen LogP contribution < -0.4 is 5.32 Å². The van der Waals surface area contributed by atoms with Gasteiger partial charge in [-0.2, -0.15) is 0 Å². The maximum atomic E-state index is 4.72. The molecule has 1 N–H and O–H groups in total. The van der Waals surface area contributed by atoms with Crippen molar-refractivity contribution in [3.8, 4) is 11.4 Å². The van der Waals surface area contributed by atoms with Crippen LogP contribution in [0.2, 0.25) is 0 Å². The summed E-state index contributed by atoms with van der Waals surface area (Å²) < 4.78 is 0. The van der Waals surface area contributed by atoms with Gasteiger partial charge in [0.2, 0.25) is 0 Å². The van der Waals surface area contributed by atoms with Gasteiger partial charge in [0.25, 0.3) is 0 Å². The van der Waals surface area contributed by atoms with Crippen LogP contribution in [-0.4, -0.2) is 21.0 Å². The van der Waals surface area contributed by atoms with E-state index >= 15 is 0 Å². The number of aryl methyl sites for hydroxylation is 1. The summed E-state index contributed by atoms with van der Waals surface area (Å²) in [5, 5.41) is 3.70. The summed E-state index contributed by atoms with van der Waals surface area (Å²) in [4.78, 5) is 13.4. The smallest absolute Gasteiger partial charge is 0.163 e. The monoisotopic (exact) mass is 292 g/mol. The van der Waals surface area contributed by atoms with Crippen molar-refractivity contribution in [3.05, 3.63) is 36.3 Å². The van der Waals surface area contributed by atoms with Gasteiger partial charge in [0.05, 0.1) is 0 Å². The van der Waals surface area contributed by atoms with E-state index in [1.165, 1.54) is 19.3 Å². The van der Waals surface area contributed by atoms with E-state index in [9.17, 15) is 0 Å². The fraction of sp³-hybridized carbons (Fsp3) is 0.500. The molecule has 4 unspecified atom stereocenters. The molecule has 0 saturated heterocycles. The molecule has 2 aromatic rings. The number of aromatic nitrogens is 3. The fourth-order valence-corrected chi connectivity index (χ4v) is 4.96. The molecule has 22 heavy (non-hydrogen) atoms. The molecule has 0 amide bonds. The lowest BCUT2D eigenvalue weighted by Crippen LogP contribution is -2.14. The molecule has 0 spiro atoms. The molecule has 0 radical (unpaired) electrons. The average Bonchev–Trinajstić information content (AvgIpc) is 2.93. The minimum atomic E-state index is 0.655. The van der Waals surface area contributed by atoms with Gasteiger partial charge in [0.1, 0.15) is 5.82 Å². The van der Waals surface area contributed by atoms with Crippen molar-refractivity contribution in [2.75, 3.05) is 5.32 Å². The Kier molecular flexibility index (Phi) is 2.58.